The summed E-state index contributed by atoms with van der Waals surface area (Å²) in [4.78, 5) is 62.9. The van der Waals surface area contributed by atoms with Gasteiger partial charge in [0.1, 0.15) is 6.04 Å². The average Bonchev–Trinajstić information content (AvgIpc) is 2.91. The lowest BCUT2D eigenvalue weighted by molar-refractivity contribution is -0.139. The molecule has 0 aliphatic carbocycles. The third-order valence-corrected chi connectivity index (χ3v) is 7.86. The van der Waals surface area contributed by atoms with Gasteiger partial charge < -0.3 is 26.8 Å². The highest BCUT2D eigenvalue weighted by atomic mass is 33.1. The van der Waals surface area contributed by atoms with E-state index in [4.69, 9.17) is 5.73 Å². The molecular formula is C24H30N8O5S2. The molecule has 208 valence electrons. The van der Waals surface area contributed by atoms with Gasteiger partial charge in [0, 0.05) is 35.7 Å². The highest BCUT2D eigenvalue weighted by molar-refractivity contribution is 8.76. The van der Waals surface area contributed by atoms with Gasteiger partial charge in [0.25, 0.3) is 11.5 Å². The van der Waals surface area contributed by atoms with Gasteiger partial charge in [-0.15, -0.1) is 0 Å². The molecule has 0 bridgehead atoms. The molecule has 0 aliphatic heterocycles. The van der Waals surface area contributed by atoms with E-state index in [1.165, 1.54) is 6.20 Å². The number of fused-ring (bicyclic) bond motifs is 1. The lowest BCUT2D eigenvalue weighted by Gasteiger charge is -2.15. The van der Waals surface area contributed by atoms with Crippen molar-refractivity contribution in [3.63, 3.8) is 0 Å². The lowest BCUT2D eigenvalue weighted by atomic mass is 10.1. The zero-order chi connectivity index (χ0) is 28.2. The molecule has 13 nitrogen and oxygen atoms in total. The van der Waals surface area contributed by atoms with Crippen LogP contribution in [0.4, 0.5) is 11.6 Å². The third-order valence-electron chi connectivity index (χ3n) is 5.25. The van der Waals surface area contributed by atoms with E-state index in [-0.39, 0.29) is 48.0 Å². The van der Waals surface area contributed by atoms with Crippen LogP contribution in [0.2, 0.25) is 0 Å². The Labute approximate surface area is 232 Å². The summed E-state index contributed by atoms with van der Waals surface area (Å²) in [5, 5.41) is 17.8. The van der Waals surface area contributed by atoms with E-state index in [2.05, 4.69) is 42.8 Å². The lowest BCUT2D eigenvalue weighted by Crippen LogP contribution is -2.41. The van der Waals surface area contributed by atoms with Gasteiger partial charge >= 0.3 is 5.97 Å². The van der Waals surface area contributed by atoms with Crippen molar-refractivity contribution >= 4 is 62.2 Å². The molecule has 0 spiro atoms. The number of amides is 2. The predicted octanol–water partition coefficient (Wildman–Crippen LogP) is 1.78. The molecular weight excluding hydrogens is 544 g/mol. The van der Waals surface area contributed by atoms with Crippen molar-refractivity contribution in [2.45, 2.75) is 38.8 Å². The molecule has 1 atom stereocenters. The Bertz CT molecular complexity index is 1350. The number of H-pyrrole nitrogens is 1. The van der Waals surface area contributed by atoms with Crippen LogP contribution in [0.15, 0.2) is 35.3 Å². The number of carboxylic acid groups (broad SMARTS) is 1. The number of carboxylic acids is 1. The second kappa shape index (κ2) is 14.9. The molecule has 0 aliphatic rings. The average molecular weight is 575 g/mol. The number of aromatic amines is 1. The summed E-state index contributed by atoms with van der Waals surface area (Å²) >= 11 is 0. The Morgan fingerprint density at radius 1 is 1.13 bits per heavy atom. The van der Waals surface area contributed by atoms with Crippen LogP contribution in [0.3, 0.4) is 0 Å². The number of aromatic nitrogens is 4. The van der Waals surface area contributed by atoms with E-state index in [1.54, 1.807) is 45.9 Å². The molecule has 0 radical (unpaired) electrons. The maximum Gasteiger partial charge on any atom is 0.326 e. The van der Waals surface area contributed by atoms with Gasteiger partial charge in [-0.2, -0.15) is 4.98 Å². The van der Waals surface area contributed by atoms with E-state index in [9.17, 15) is 24.3 Å². The fraction of sp³-hybridized carbons (Fsp3) is 0.375. The van der Waals surface area contributed by atoms with E-state index < -0.39 is 23.5 Å². The van der Waals surface area contributed by atoms with Crippen LogP contribution in [0.5, 0.6) is 0 Å². The van der Waals surface area contributed by atoms with Gasteiger partial charge in [0.2, 0.25) is 11.9 Å². The first-order valence-corrected chi connectivity index (χ1v) is 14.7. The van der Waals surface area contributed by atoms with Crippen LogP contribution in [0.1, 0.15) is 42.2 Å². The SMILES string of the molecule is CCCSSCCNC(=O)CCC(NC(=O)c1ccc(NCc2cnc3nc(N)[nH]c(=O)c3n2)cc1)C(=O)O. The molecule has 0 saturated heterocycles. The van der Waals surface area contributed by atoms with E-state index >= 15 is 0 Å². The first kappa shape index (κ1) is 29.7. The molecule has 39 heavy (non-hydrogen) atoms. The standard InChI is InChI=1S/C24H30N8O5S2/c1-2-10-38-39-11-9-26-18(33)8-7-17(23(36)37)30-21(34)14-3-5-15(6-4-14)27-12-16-13-28-20-19(29-16)22(35)32-24(25)31-20/h3-6,13,17,27H,2,7-12H2,1H3,(H,26,33)(H,30,34)(H,36,37)(H3,25,28,31,32,35). The summed E-state index contributed by atoms with van der Waals surface area (Å²) in [5.41, 5.74) is 6.65. The summed E-state index contributed by atoms with van der Waals surface area (Å²) in [7, 11) is 3.43. The van der Waals surface area contributed by atoms with Crippen LogP contribution in [0.25, 0.3) is 11.2 Å². The van der Waals surface area contributed by atoms with Crippen molar-refractivity contribution in [2.24, 2.45) is 0 Å². The molecule has 0 fully saturated rings. The molecule has 3 rings (SSSR count). The van der Waals surface area contributed by atoms with Gasteiger partial charge in [0.05, 0.1) is 18.4 Å². The number of nitrogen functional groups attached to an aromatic ring is 1. The number of nitrogens with zero attached hydrogens (tertiary/aromatic N) is 3. The van der Waals surface area contributed by atoms with Crippen LogP contribution in [-0.4, -0.2) is 66.9 Å². The topological polar surface area (TPSA) is 205 Å². The highest BCUT2D eigenvalue weighted by Gasteiger charge is 2.21. The zero-order valence-electron chi connectivity index (χ0n) is 21.2. The van der Waals surface area contributed by atoms with Crippen LogP contribution >= 0.6 is 21.6 Å². The minimum Gasteiger partial charge on any atom is -0.480 e. The summed E-state index contributed by atoms with van der Waals surface area (Å²) in [6, 6.07) is 5.19. The van der Waals surface area contributed by atoms with Gasteiger partial charge in [0.15, 0.2) is 11.2 Å². The number of carbonyl (C=O) groups excluding carboxylic acids is 2. The number of anilines is 2. The van der Waals surface area contributed by atoms with E-state index in [0.717, 1.165) is 17.9 Å². The van der Waals surface area contributed by atoms with Crippen LogP contribution < -0.4 is 27.2 Å². The summed E-state index contributed by atoms with van der Waals surface area (Å²) in [5.74, 6) is -0.259. The maximum absolute atomic E-state index is 12.6. The number of nitrogens with two attached hydrogens (primary N) is 1. The van der Waals surface area contributed by atoms with Crippen LogP contribution in [-0.2, 0) is 16.1 Å². The first-order valence-electron chi connectivity index (χ1n) is 12.2. The van der Waals surface area contributed by atoms with Gasteiger partial charge in [-0.05, 0) is 37.1 Å². The van der Waals surface area contributed by atoms with E-state index in [1.807, 2.05) is 0 Å². The fourth-order valence-electron chi connectivity index (χ4n) is 3.28. The molecule has 3 aromatic rings. The van der Waals surface area contributed by atoms with Crippen molar-refractivity contribution in [3.8, 4) is 0 Å². The van der Waals surface area contributed by atoms with Crippen LogP contribution in [0, 0.1) is 0 Å². The predicted molar refractivity (Wildman–Crippen MR) is 152 cm³/mol. The van der Waals surface area contributed by atoms with Crippen molar-refractivity contribution in [2.75, 3.05) is 29.1 Å². The fourth-order valence-corrected chi connectivity index (χ4v) is 5.33. The highest BCUT2D eigenvalue weighted by Crippen LogP contribution is 2.20. The number of hydrogen-bond donors (Lipinski definition) is 6. The zero-order valence-corrected chi connectivity index (χ0v) is 22.9. The van der Waals surface area contributed by atoms with Gasteiger partial charge in [-0.25, -0.2) is 14.8 Å². The smallest absolute Gasteiger partial charge is 0.326 e. The number of benzene rings is 1. The summed E-state index contributed by atoms with van der Waals surface area (Å²) in [6.45, 7) is 2.85. The molecule has 0 saturated carbocycles. The first-order chi connectivity index (χ1) is 18.8. The Morgan fingerprint density at radius 3 is 2.59 bits per heavy atom. The molecule has 7 N–H and O–H groups in total. The molecule has 1 unspecified atom stereocenters. The van der Waals surface area contributed by atoms with E-state index in [0.29, 0.717) is 17.9 Å². The number of carbonyl (C=O) groups is 3. The minimum absolute atomic E-state index is 0.0140. The molecule has 2 amide bonds. The van der Waals surface area contributed by atoms with Gasteiger partial charge in [-0.1, -0.05) is 28.5 Å². The number of aliphatic carboxylic acids is 1. The molecule has 2 heterocycles. The van der Waals surface area contributed by atoms with Crippen molar-refractivity contribution in [3.05, 3.63) is 52.1 Å². The van der Waals surface area contributed by atoms with Crippen molar-refractivity contribution in [1.29, 1.82) is 0 Å². The summed E-state index contributed by atoms with van der Waals surface area (Å²) < 4.78 is 0. The number of nitrogens with one attached hydrogen (secondary N) is 4. The Balaban J connectivity index is 1.47. The maximum atomic E-state index is 12.6. The second-order valence-corrected chi connectivity index (χ2v) is 11.0. The molecule has 2 aromatic heterocycles. The minimum atomic E-state index is -1.21. The monoisotopic (exact) mass is 574 g/mol. The largest absolute Gasteiger partial charge is 0.480 e. The van der Waals surface area contributed by atoms with Crippen molar-refractivity contribution in [1.82, 2.24) is 30.6 Å². The Hall–Kier alpha value is -3.85. The number of hydrogen-bond acceptors (Lipinski definition) is 11. The summed E-state index contributed by atoms with van der Waals surface area (Å²) in [6.07, 6.45) is 2.52. The Morgan fingerprint density at radius 2 is 1.87 bits per heavy atom. The van der Waals surface area contributed by atoms with Crippen molar-refractivity contribution < 1.29 is 19.5 Å². The Kier molecular flexibility index (Phi) is 11.4. The quantitative estimate of drug-likeness (QED) is 0.113. The second-order valence-electron chi connectivity index (χ2n) is 8.31. The third kappa shape index (κ3) is 9.44. The van der Waals surface area contributed by atoms with Gasteiger partial charge in [-0.3, -0.25) is 19.4 Å². The number of rotatable bonds is 15. The molecule has 15 heteroatoms. The normalized spacial score (nSPS) is 11.6. The molecule has 1 aromatic carbocycles.